The molecule has 0 bridgehead atoms. The number of nitrogens with zero attached hydrogens (tertiary/aromatic N) is 3. The molecule has 1 aromatic heterocycles. The van der Waals surface area contributed by atoms with E-state index in [-0.39, 0.29) is 73.1 Å². The monoisotopic (exact) mass is 495 g/mol. The number of esters is 1. The van der Waals surface area contributed by atoms with Crippen molar-refractivity contribution >= 4 is 21.9 Å². The van der Waals surface area contributed by atoms with Gasteiger partial charge in [-0.05, 0) is 39.8 Å². The van der Waals surface area contributed by atoms with Crippen LogP contribution in [0.3, 0.4) is 0 Å². The average Bonchev–Trinajstić information content (AvgIpc) is 3.06. The SMILES string of the molecule is COC(=O)c1c(C)oc(C)c1S(=O)(=O)N1CCN(C(=O)C2CCN(CC(F)(F)F)CC2)CC1. The third-order valence-electron chi connectivity index (χ3n) is 6.08. The summed E-state index contributed by atoms with van der Waals surface area (Å²) in [5.41, 5.74) is -0.140. The lowest BCUT2D eigenvalue weighted by Gasteiger charge is -2.38. The van der Waals surface area contributed by atoms with Crippen LogP contribution in [-0.2, 0) is 19.6 Å². The van der Waals surface area contributed by atoms with Crippen LogP contribution in [0.25, 0.3) is 0 Å². The smallest absolute Gasteiger partial charge is 0.401 e. The molecule has 0 spiro atoms. The molecule has 2 aliphatic rings. The number of sulfonamides is 1. The number of piperidine rings is 1. The van der Waals surface area contributed by atoms with E-state index in [1.54, 1.807) is 4.90 Å². The van der Waals surface area contributed by atoms with E-state index in [2.05, 4.69) is 0 Å². The van der Waals surface area contributed by atoms with Gasteiger partial charge in [-0.1, -0.05) is 0 Å². The van der Waals surface area contributed by atoms with Crippen LogP contribution >= 0.6 is 0 Å². The van der Waals surface area contributed by atoms with E-state index < -0.39 is 28.7 Å². The lowest BCUT2D eigenvalue weighted by atomic mass is 9.95. The lowest BCUT2D eigenvalue weighted by molar-refractivity contribution is -0.151. The van der Waals surface area contributed by atoms with Crippen molar-refractivity contribution in [1.29, 1.82) is 0 Å². The Bertz CT molecular complexity index is 991. The lowest BCUT2D eigenvalue weighted by Crippen LogP contribution is -2.53. The zero-order valence-electron chi connectivity index (χ0n) is 18.8. The third-order valence-corrected chi connectivity index (χ3v) is 8.13. The number of methoxy groups -OCH3 is 1. The van der Waals surface area contributed by atoms with E-state index in [0.29, 0.717) is 12.8 Å². The number of amides is 1. The molecule has 0 radical (unpaired) electrons. The highest BCUT2D eigenvalue weighted by atomic mass is 32.2. The second kappa shape index (κ2) is 9.63. The number of ether oxygens (including phenoxy) is 1. The zero-order valence-corrected chi connectivity index (χ0v) is 19.6. The molecule has 3 rings (SSSR count). The highest BCUT2D eigenvalue weighted by Crippen LogP contribution is 2.31. The Hall–Kier alpha value is -2.12. The van der Waals surface area contributed by atoms with E-state index in [0.717, 1.165) is 7.11 Å². The van der Waals surface area contributed by atoms with Gasteiger partial charge >= 0.3 is 12.1 Å². The van der Waals surface area contributed by atoms with Crippen LogP contribution in [-0.4, -0.2) is 93.5 Å². The summed E-state index contributed by atoms with van der Waals surface area (Å²) in [6.07, 6.45) is -3.59. The van der Waals surface area contributed by atoms with Crippen molar-refractivity contribution in [1.82, 2.24) is 14.1 Å². The summed E-state index contributed by atoms with van der Waals surface area (Å²) in [6.45, 7) is 2.72. The number of halogens is 3. The van der Waals surface area contributed by atoms with Gasteiger partial charge < -0.3 is 14.1 Å². The Morgan fingerprint density at radius 2 is 1.61 bits per heavy atom. The summed E-state index contributed by atoms with van der Waals surface area (Å²) in [4.78, 5) is 27.6. The summed E-state index contributed by atoms with van der Waals surface area (Å²) >= 11 is 0. The predicted octanol–water partition coefficient (Wildman–Crippen LogP) is 1.79. The van der Waals surface area contributed by atoms with Gasteiger partial charge in [-0.15, -0.1) is 0 Å². The number of carbonyl (C=O) groups excluding carboxylic acids is 2. The molecule has 2 aliphatic heterocycles. The molecule has 3 heterocycles. The molecule has 186 valence electrons. The van der Waals surface area contributed by atoms with Crippen molar-refractivity contribution in [3.8, 4) is 0 Å². The molecule has 2 fully saturated rings. The Morgan fingerprint density at radius 3 is 2.12 bits per heavy atom. The fourth-order valence-corrected chi connectivity index (χ4v) is 6.23. The Morgan fingerprint density at radius 1 is 1.03 bits per heavy atom. The molecule has 9 nitrogen and oxygen atoms in total. The third kappa shape index (κ3) is 5.52. The number of hydrogen-bond acceptors (Lipinski definition) is 7. The van der Waals surface area contributed by atoms with Gasteiger partial charge in [0.25, 0.3) is 0 Å². The first kappa shape index (κ1) is 25.5. The van der Waals surface area contributed by atoms with Gasteiger partial charge in [0, 0.05) is 32.1 Å². The molecule has 13 heteroatoms. The van der Waals surface area contributed by atoms with Crippen molar-refractivity contribution in [3.63, 3.8) is 0 Å². The van der Waals surface area contributed by atoms with E-state index in [1.807, 2.05) is 0 Å². The minimum absolute atomic E-state index is 0.0330. The van der Waals surface area contributed by atoms with E-state index in [1.165, 1.54) is 23.1 Å². The number of furan rings is 1. The van der Waals surface area contributed by atoms with Gasteiger partial charge in [0.05, 0.1) is 13.7 Å². The summed E-state index contributed by atoms with van der Waals surface area (Å²) in [6, 6.07) is 0. The van der Waals surface area contributed by atoms with Gasteiger partial charge in [0.2, 0.25) is 15.9 Å². The molecule has 33 heavy (non-hydrogen) atoms. The van der Waals surface area contributed by atoms with Crippen LogP contribution in [0.5, 0.6) is 0 Å². The first-order valence-electron chi connectivity index (χ1n) is 10.6. The van der Waals surface area contributed by atoms with Crippen LogP contribution < -0.4 is 0 Å². The molecule has 0 unspecified atom stereocenters. The standard InChI is InChI=1S/C20H28F3N3O6S/c1-13-16(19(28)31-3)17(14(2)32-13)33(29,30)26-10-8-25(9-11-26)18(27)15-4-6-24(7-5-15)12-20(21,22)23/h15H,4-12H2,1-3H3. The maximum absolute atomic E-state index is 13.2. The Balaban J connectivity index is 1.62. The molecule has 0 saturated carbocycles. The van der Waals surface area contributed by atoms with Crippen LogP contribution in [0, 0.1) is 19.8 Å². The van der Waals surface area contributed by atoms with E-state index >= 15 is 0 Å². The molecule has 1 aromatic rings. The van der Waals surface area contributed by atoms with Gasteiger partial charge in [-0.25, -0.2) is 13.2 Å². The van der Waals surface area contributed by atoms with Gasteiger partial charge in [0.15, 0.2) is 0 Å². The number of hydrogen-bond donors (Lipinski definition) is 0. The molecule has 2 saturated heterocycles. The second-order valence-electron chi connectivity index (χ2n) is 8.31. The second-order valence-corrected chi connectivity index (χ2v) is 10.2. The normalized spacial score (nSPS) is 19.6. The molecule has 0 aliphatic carbocycles. The van der Waals surface area contributed by atoms with Crippen molar-refractivity contribution in [3.05, 3.63) is 17.1 Å². The first-order valence-corrected chi connectivity index (χ1v) is 12.1. The summed E-state index contributed by atoms with van der Waals surface area (Å²) < 4.78 is 75.4. The molecule has 0 aromatic carbocycles. The van der Waals surface area contributed by atoms with Crippen molar-refractivity contribution in [2.45, 2.75) is 37.8 Å². The average molecular weight is 496 g/mol. The summed E-state index contributed by atoms with van der Waals surface area (Å²) in [5, 5.41) is 0. The Kier molecular flexibility index (Phi) is 7.44. The van der Waals surface area contributed by atoms with Gasteiger partial charge in [0.1, 0.15) is 22.0 Å². The largest absolute Gasteiger partial charge is 0.465 e. The number of aryl methyl sites for hydroxylation is 2. The molecule has 0 atom stereocenters. The minimum atomic E-state index is -4.27. The highest BCUT2D eigenvalue weighted by molar-refractivity contribution is 7.89. The van der Waals surface area contributed by atoms with E-state index in [4.69, 9.17) is 9.15 Å². The van der Waals surface area contributed by atoms with Crippen molar-refractivity contribution in [2.24, 2.45) is 5.92 Å². The quantitative estimate of drug-likeness (QED) is 0.574. The fourth-order valence-electron chi connectivity index (χ4n) is 4.44. The predicted molar refractivity (Wildman–Crippen MR) is 110 cm³/mol. The molecular weight excluding hydrogens is 467 g/mol. The zero-order chi connectivity index (χ0) is 24.6. The number of rotatable bonds is 5. The number of likely N-dealkylation sites (tertiary alicyclic amines) is 1. The molecule has 0 N–H and O–H groups in total. The summed E-state index contributed by atoms with van der Waals surface area (Å²) in [5.74, 6) is -1.12. The molecular formula is C20H28F3N3O6S. The van der Waals surface area contributed by atoms with Crippen LogP contribution in [0.1, 0.15) is 34.7 Å². The maximum atomic E-state index is 13.2. The van der Waals surface area contributed by atoms with Crippen LogP contribution in [0.4, 0.5) is 13.2 Å². The number of piperazine rings is 1. The molecule has 1 amide bonds. The van der Waals surface area contributed by atoms with Crippen molar-refractivity contribution in [2.75, 3.05) is 52.9 Å². The fraction of sp³-hybridized carbons (Fsp3) is 0.700. The minimum Gasteiger partial charge on any atom is -0.465 e. The van der Waals surface area contributed by atoms with Crippen LogP contribution in [0.15, 0.2) is 9.31 Å². The van der Waals surface area contributed by atoms with Crippen molar-refractivity contribution < 1.29 is 40.3 Å². The Labute approximate surface area is 190 Å². The topological polar surface area (TPSA) is 100 Å². The highest BCUT2D eigenvalue weighted by Gasteiger charge is 2.39. The number of alkyl halides is 3. The van der Waals surface area contributed by atoms with Gasteiger partial charge in [-0.3, -0.25) is 9.69 Å². The number of carbonyl (C=O) groups is 2. The summed E-state index contributed by atoms with van der Waals surface area (Å²) in [7, 11) is -2.92. The maximum Gasteiger partial charge on any atom is 0.401 e. The van der Waals surface area contributed by atoms with Gasteiger partial charge in [-0.2, -0.15) is 17.5 Å². The first-order chi connectivity index (χ1) is 15.3. The van der Waals surface area contributed by atoms with E-state index in [9.17, 15) is 31.2 Å². The van der Waals surface area contributed by atoms with Crippen LogP contribution in [0.2, 0.25) is 0 Å².